The zero-order valence-corrected chi connectivity index (χ0v) is 17.7. The summed E-state index contributed by atoms with van der Waals surface area (Å²) in [5.74, 6) is 1.83. The van der Waals surface area contributed by atoms with E-state index in [9.17, 15) is 0 Å². The summed E-state index contributed by atoms with van der Waals surface area (Å²) in [6, 6.07) is 10.0. The number of rotatable bonds is 6. The van der Waals surface area contributed by atoms with E-state index in [4.69, 9.17) is 9.47 Å². The van der Waals surface area contributed by atoms with Gasteiger partial charge in [-0.2, -0.15) is 0 Å². The van der Waals surface area contributed by atoms with Crippen LogP contribution in [0.3, 0.4) is 0 Å². The van der Waals surface area contributed by atoms with Crippen LogP contribution in [0.4, 0.5) is 0 Å². The van der Waals surface area contributed by atoms with Crippen LogP contribution in [0.2, 0.25) is 0 Å². The van der Waals surface area contributed by atoms with E-state index in [0.29, 0.717) is 17.4 Å². The molecule has 29 heavy (non-hydrogen) atoms. The Kier molecular flexibility index (Phi) is 6.17. The van der Waals surface area contributed by atoms with Gasteiger partial charge in [0.15, 0.2) is 0 Å². The minimum Gasteiger partial charge on any atom is -0.497 e. The highest BCUT2D eigenvalue weighted by Gasteiger charge is 2.14. The molecular formula is C24H27N3O2. The number of hydrogen-bond acceptors (Lipinski definition) is 4. The predicted molar refractivity (Wildman–Crippen MR) is 118 cm³/mol. The molecule has 0 N–H and O–H groups in total. The lowest BCUT2D eigenvalue weighted by Gasteiger charge is -2.15. The number of aryl methyl sites for hydroxylation is 4. The fourth-order valence-electron chi connectivity index (χ4n) is 3.30. The molecule has 3 aromatic rings. The molecule has 0 aliphatic rings. The summed E-state index contributed by atoms with van der Waals surface area (Å²) in [6.45, 7) is 12.0. The molecular weight excluding hydrogens is 362 g/mol. The molecule has 5 heteroatoms. The second-order valence-corrected chi connectivity index (χ2v) is 6.96. The zero-order chi connectivity index (χ0) is 21.0. The van der Waals surface area contributed by atoms with E-state index >= 15 is 0 Å². The van der Waals surface area contributed by atoms with Crippen LogP contribution in [0.25, 0.3) is 5.69 Å². The quantitative estimate of drug-likeness (QED) is 0.422. The van der Waals surface area contributed by atoms with Gasteiger partial charge in [-0.15, -0.1) is 0 Å². The molecule has 1 heterocycles. The topological polar surface area (TPSA) is 48.6 Å². The molecule has 0 saturated carbocycles. The highest BCUT2D eigenvalue weighted by atomic mass is 16.5. The molecule has 0 amide bonds. The van der Waals surface area contributed by atoms with Gasteiger partial charge in [0.05, 0.1) is 24.8 Å². The third-order valence-electron chi connectivity index (χ3n) is 4.83. The third-order valence-corrected chi connectivity index (χ3v) is 4.83. The minimum absolute atomic E-state index is 0.508. The lowest BCUT2D eigenvalue weighted by atomic mass is 9.98. The molecule has 0 bridgehead atoms. The van der Waals surface area contributed by atoms with Gasteiger partial charge in [-0.05, 0) is 49.9 Å². The molecule has 1 aromatic heterocycles. The Morgan fingerprint density at radius 2 is 1.86 bits per heavy atom. The smallest absolute Gasteiger partial charge is 0.226 e. The first-order chi connectivity index (χ1) is 13.9. The molecule has 3 rings (SSSR count). The van der Waals surface area contributed by atoms with E-state index in [1.165, 1.54) is 17.3 Å². The van der Waals surface area contributed by atoms with Gasteiger partial charge in [-0.25, -0.2) is 9.98 Å². The molecule has 0 aliphatic heterocycles. The van der Waals surface area contributed by atoms with Crippen molar-refractivity contribution in [1.82, 2.24) is 9.55 Å². The van der Waals surface area contributed by atoms with Crippen molar-refractivity contribution in [2.45, 2.75) is 34.1 Å². The zero-order valence-electron chi connectivity index (χ0n) is 17.7. The van der Waals surface area contributed by atoms with E-state index in [2.05, 4.69) is 49.5 Å². The lowest BCUT2D eigenvalue weighted by Crippen LogP contribution is -2.13. The Morgan fingerprint density at radius 3 is 2.48 bits per heavy atom. The number of nitrogens with zero attached hydrogens (tertiary/aromatic N) is 3. The van der Waals surface area contributed by atoms with Gasteiger partial charge in [-0.3, -0.25) is 0 Å². The van der Waals surface area contributed by atoms with Gasteiger partial charge in [0.1, 0.15) is 11.5 Å². The van der Waals surface area contributed by atoms with Crippen LogP contribution in [0.5, 0.6) is 11.5 Å². The van der Waals surface area contributed by atoms with Crippen LogP contribution < -0.4 is 9.47 Å². The lowest BCUT2D eigenvalue weighted by molar-refractivity contribution is 0.411. The standard InChI is InChI=1S/C24H27N3O2/c1-7-19-10-23(17(4)9-16(19)3)24(25-8-2)29-22-12-20(11-21(13-22)28-6)27-14-18(5)26-15-27/h8-15H,2,7H2,1,3-6H3. The van der Waals surface area contributed by atoms with Crippen molar-refractivity contribution in [2.24, 2.45) is 4.99 Å². The first-order valence-electron chi connectivity index (χ1n) is 9.62. The highest BCUT2D eigenvalue weighted by molar-refractivity contribution is 5.97. The van der Waals surface area contributed by atoms with Crippen LogP contribution in [-0.4, -0.2) is 22.6 Å². The Balaban J connectivity index is 2.04. The fraction of sp³-hybridized carbons (Fsp3) is 0.250. The van der Waals surface area contributed by atoms with Crippen molar-refractivity contribution in [3.8, 4) is 17.2 Å². The Bertz CT molecular complexity index is 1060. The van der Waals surface area contributed by atoms with Crippen LogP contribution in [0.1, 0.15) is 34.9 Å². The monoisotopic (exact) mass is 389 g/mol. The van der Waals surface area contributed by atoms with Crippen molar-refractivity contribution < 1.29 is 9.47 Å². The summed E-state index contributed by atoms with van der Waals surface area (Å²) in [5, 5.41) is 0. The summed E-state index contributed by atoms with van der Waals surface area (Å²) in [4.78, 5) is 8.72. The van der Waals surface area contributed by atoms with Gasteiger partial charge in [0.25, 0.3) is 0 Å². The first kappa shape index (κ1) is 20.4. The van der Waals surface area contributed by atoms with Gasteiger partial charge in [0.2, 0.25) is 5.90 Å². The Hall–Kier alpha value is -3.34. The number of benzene rings is 2. The number of methoxy groups -OCH3 is 1. The van der Waals surface area contributed by atoms with E-state index < -0.39 is 0 Å². The van der Waals surface area contributed by atoms with Gasteiger partial charge < -0.3 is 14.0 Å². The molecule has 0 unspecified atom stereocenters. The van der Waals surface area contributed by atoms with Gasteiger partial charge in [0, 0.05) is 36.2 Å². The van der Waals surface area contributed by atoms with Crippen LogP contribution >= 0.6 is 0 Å². The van der Waals surface area contributed by atoms with Crippen LogP contribution in [-0.2, 0) is 6.42 Å². The third kappa shape index (κ3) is 4.57. The van der Waals surface area contributed by atoms with Gasteiger partial charge >= 0.3 is 0 Å². The maximum absolute atomic E-state index is 6.24. The molecule has 0 fully saturated rings. The fourth-order valence-corrected chi connectivity index (χ4v) is 3.30. The number of aliphatic imine (C=N–C) groups is 1. The van der Waals surface area contributed by atoms with Crippen molar-refractivity contribution >= 4 is 5.90 Å². The molecule has 2 aromatic carbocycles. The summed E-state index contributed by atoms with van der Waals surface area (Å²) in [5.41, 5.74) is 6.43. The average Bonchev–Trinajstić information content (AvgIpc) is 3.14. The molecule has 0 radical (unpaired) electrons. The summed E-state index contributed by atoms with van der Waals surface area (Å²) in [6.07, 6.45) is 6.17. The molecule has 0 spiro atoms. The Morgan fingerprint density at radius 1 is 1.10 bits per heavy atom. The molecule has 0 aliphatic carbocycles. The van der Waals surface area contributed by atoms with Crippen LogP contribution in [0, 0.1) is 20.8 Å². The Labute approximate surface area is 172 Å². The van der Waals surface area contributed by atoms with E-state index in [-0.39, 0.29) is 0 Å². The second kappa shape index (κ2) is 8.78. The summed E-state index contributed by atoms with van der Waals surface area (Å²) < 4.78 is 13.6. The second-order valence-electron chi connectivity index (χ2n) is 6.96. The number of ether oxygens (including phenoxy) is 2. The normalized spacial score (nSPS) is 11.4. The van der Waals surface area contributed by atoms with Crippen LogP contribution in [0.15, 0.2) is 60.6 Å². The number of imidazole rings is 1. The van der Waals surface area contributed by atoms with Crippen molar-refractivity contribution in [2.75, 3.05) is 7.11 Å². The van der Waals surface area contributed by atoms with Crippen molar-refractivity contribution in [3.63, 3.8) is 0 Å². The predicted octanol–water partition coefficient (Wildman–Crippen LogP) is 5.34. The van der Waals surface area contributed by atoms with E-state index in [0.717, 1.165) is 28.9 Å². The molecule has 0 atom stereocenters. The van der Waals surface area contributed by atoms with Crippen molar-refractivity contribution in [3.05, 3.63) is 83.6 Å². The number of aromatic nitrogens is 2. The highest BCUT2D eigenvalue weighted by Crippen LogP contribution is 2.27. The van der Waals surface area contributed by atoms with Gasteiger partial charge in [-0.1, -0.05) is 19.6 Å². The van der Waals surface area contributed by atoms with E-state index in [1.807, 2.05) is 35.9 Å². The molecule has 5 nitrogen and oxygen atoms in total. The van der Waals surface area contributed by atoms with Crippen molar-refractivity contribution in [1.29, 1.82) is 0 Å². The summed E-state index contributed by atoms with van der Waals surface area (Å²) >= 11 is 0. The summed E-state index contributed by atoms with van der Waals surface area (Å²) in [7, 11) is 1.64. The largest absolute Gasteiger partial charge is 0.497 e. The number of hydrogen-bond donors (Lipinski definition) is 0. The maximum atomic E-state index is 6.24. The van der Waals surface area contributed by atoms with E-state index in [1.54, 1.807) is 13.4 Å². The average molecular weight is 389 g/mol. The SMILES string of the molecule is C=CN=C(Oc1cc(OC)cc(-n2cnc(C)c2)c1)c1cc(CC)c(C)cc1C. The first-order valence-corrected chi connectivity index (χ1v) is 9.62. The maximum Gasteiger partial charge on any atom is 0.226 e. The molecule has 0 saturated heterocycles. The minimum atomic E-state index is 0.508. The molecule has 150 valence electrons.